The fourth-order valence-electron chi connectivity index (χ4n) is 4.01. The Balaban J connectivity index is 0.000000347. The smallest absolute Gasteiger partial charge is 0.314 e. The van der Waals surface area contributed by atoms with Crippen molar-refractivity contribution >= 4 is 81.2 Å². The van der Waals surface area contributed by atoms with Crippen molar-refractivity contribution in [2.24, 2.45) is 11.7 Å². The molecular weight excluding hydrogens is 801 g/mol. The number of nitrogens with two attached hydrogens (primary N) is 1. The quantitative estimate of drug-likeness (QED) is 0.0460. The molecule has 2 heterocycles. The van der Waals surface area contributed by atoms with Crippen molar-refractivity contribution in [2.45, 2.75) is 80.2 Å². The summed E-state index contributed by atoms with van der Waals surface area (Å²) in [5, 5.41) is 42.8. The number of thiol groups is 1. The van der Waals surface area contributed by atoms with E-state index in [2.05, 4.69) is 67.6 Å². The fraction of sp³-hybridized carbons (Fsp3) is 0.455. The third-order valence-corrected chi connectivity index (χ3v) is 8.66. The minimum atomic E-state index is -0.975. The Morgan fingerprint density at radius 2 is 1.46 bits per heavy atom. The van der Waals surface area contributed by atoms with Gasteiger partial charge >= 0.3 is 17.9 Å². The number of ether oxygens (including phenoxy) is 1. The van der Waals surface area contributed by atoms with Crippen molar-refractivity contribution in [2.75, 3.05) is 17.7 Å². The molecule has 0 spiro atoms. The van der Waals surface area contributed by atoms with E-state index in [4.69, 9.17) is 31.7 Å². The van der Waals surface area contributed by atoms with E-state index in [9.17, 15) is 28.8 Å². The van der Waals surface area contributed by atoms with Crippen LogP contribution in [0.15, 0.2) is 31.8 Å². The van der Waals surface area contributed by atoms with Crippen LogP contribution in [0.25, 0.3) is 0 Å². The summed E-state index contributed by atoms with van der Waals surface area (Å²) < 4.78 is 4.63. The molecule has 0 atom stereocenters. The largest absolute Gasteiger partial charge is 0.481 e. The van der Waals surface area contributed by atoms with Crippen molar-refractivity contribution < 1.29 is 34.1 Å². The van der Waals surface area contributed by atoms with Gasteiger partial charge in [-0.1, -0.05) is 39.9 Å². The van der Waals surface area contributed by atoms with Crippen molar-refractivity contribution in [1.82, 2.24) is 9.97 Å². The summed E-state index contributed by atoms with van der Waals surface area (Å²) in [7, 11) is 0. The molecular formula is C33H37BrN6O9S3. The molecule has 5 rings (SSSR count). The molecule has 278 valence electrons. The number of nitrogens with one attached hydrogen (secondary N) is 2. The number of carbonyl (C=O) groups is 4. The number of Topliss-reactive ketones (excluding diaryl/α,β-unsaturated/α-hetero) is 1. The third kappa shape index (κ3) is 18.7. The molecule has 3 aliphatic rings. The second kappa shape index (κ2) is 23.9. The van der Waals surface area contributed by atoms with Crippen LogP contribution in [0.2, 0.25) is 0 Å². The number of hydrogen-bond donors (Lipinski definition) is 6. The number of thiocarbonyl (C=S) groups is 1. The summed E-state index contributed by atoms with van der Waals surface area (Å²) in [6.07, 6.45) is 6.20. The Bertz CT molecular complexity index is 1850. The number of carboxylic acids is 2. The third-order valence-electron chi connectivity index (χ3n) is 6.71. The molecule has 6 N–H and O–H groups in total. The number of rotatable bonds is 11. The number of nitrogens with zero attached hydrogens (tertiary/aromatic N) is 3. The van der Waals surface area contributed by atoms with Gasteiger partial charge in [-0.05, 0) is 68.4 Å². The SMILES string of the molecule is CCOC(=O)CC(=O)C1CC1.N#CCC(N)=S.N#Cc1c(C2CC2)cc(=O)[nH]c1S.N#Cc1c(C2CC2)cc(=O)[nH]c1SCC(=O)O.O=C(O)CBr. The highest BCUT2D eigenvalue weighted by molar-refractivity contribution is 9.09. The average molecular weight is 838 g/mol. The highest BCUT2D eigenvalue weighted by Gasteiger charge is 2.31. The van der Waals surface area contributed by atoms with Gasteiger partial charge in [0.05, 0.1) is 51.0 Å². The summed E-state index contributed by atoms with van der Waals surface area (Å²) in [5.74, 6) is -1.45. The maximum atomic E-state index is 11.4. The lowest BCUT2D eigenvalue weighted by Gasteiger charge is -2.06. The fourth-order valence-corrected chi connectivity index (χ4v) is 5.11. The topological polar surface area (TPSA) is 281 Å². The number of halogens is 1. The number of pyridine rings is 2. The normalized spacial score (nSPS) is 13.4. The number of thioether (sulfide) groups is 1. The highest BCUT2D eigenvalue weighted by atomic mass is 79.9. The lowest BCUT2D eigenvalue weighted by molar-refractivity contribution is -0.146. The van der Waals surface area contributed by atoms with Gasteiger partial charge in [-0.25, -0.2) is 0 Å². The first-order valence-electron chi connectivity index (χ1n) is 15.6. The summed E-state index contributed by atoms with van der Waals surface area (Å²) in [4.78, 5) is 69.4. The van der Waals surface area contributed by atoms with Crippen LogP contribution in [0.4, 0.5) is 0 Å². The van der Waals surface area contributed by atoms with Crippen LogP contribution in [-0.2, 0) is 23.9 Å². The number of nitriles is 3. The van der Waals surface area contributed by atoms with Gasteiger partial charge in [0.2, 0.25) is 11.1 Å². The van der Waals surface area contributed by atoms with Crippen LogP contribution in [-0.4, -0.2) is 66.6 Å². The summed E-state index contributed by atoms with van der Waals surface area (Å²) >= 11 is 12.1. The second-order valence-corrected chi connectivity index (χ2v) is 13.6. The number of esters is 1. The predicted octanol–water partition coefficient (Wildman–Crippen LogP) is 4.28. The highest BCUT2D eigenvalue weighted by Crippen LogP contribution is 2.43. The average Bonchev–Trinajstić information content (AvgIpc) is 3.93. The molecule has 3 fully saturated rings. The Morgan fingerprint density at radius 1 is 0.962 bits per heavy atom. The molecule has 3 saturated carbocycles. The predicted molar refractivity (Wildman–Crippen MR) is 201 cm³/mol. The number of aromatic nitrogens is 2. The van der Waals surface area contributed by atoms with Crippen LogP contribution in [0.3, 0.4) is 0 Å². The van der Waals surface area contributed by atoms with Gasteiger partial charge in [0, 0.05) is 18.1 Å². The van der Waals surface area contributed by atoms with E-state index in [1.54, 1.807) is 13.0 Å². The molecule has 0 aromatic carbocycles. The van der Waals surface area contributed by atoms with E-state index in [0.717, 1.165) is 61.4 Å². The van der Waals surface area contributed by atoms with Crippen LogP contribution in [0.1, 0.15) is 92.4 Å². The molecule has 0 unspecified atom stereocenters. The first-order chi connectivity index (χ1) is 24.6. The number of alkyl halides is 1. The zero-order chi connectivity index (χ0) is 39.4. The maximum absolute atomic E-state index is 11.4. The number of carboxylic acid groups (broad SMARTS) is 2. The van der Waals surface area contributed by atoms with Crippen molar-refractivity contribution in [3.05, 3.63) is 55.1 Å². The van der Waals surface area contributed by atoms with Gasteiger partial charge in [-0.2, -0.15) is 15.8 Å². The number of hydrogen-bond acceptors (Lipinski definition) is 13. The van der Waals surface area contributed by atoms with Crippen molar-refractivity contribution in [3.63, 3.8) is 0 Å². The van der Waals surface area contributed by atoms with Gasteiger partial charge in [0.25, 0.3) is 0 Å². The maximum Gasteiger partial charge on any atom is 0.314 e. The second-order valence-electron chi connectivity index (χ2n) is 11.1. The molecule has 2 aromatic heterocycles. The zero-order valence-electron chi connectivity index (χ0n) is 28.0. The zero-order valence-corrected chi connectivity index (χ0v) is 32.1. The molecule has 15 nitrogen and oxygen atoms in total. The van der Waals surface area contributed by atoms with Crippen LogP contribution in [0, 0.1) is 39.9 Å². The van der Waals surface area contributed by atoms with Gasteiger partial charge in [0.15, 0.2) is 0 Å². The van der Waals surface area contributed by atoms with E-state index in [1.165, 1.54) is 12.1 Å². The van der Waals surface area contributed by atoms with Gasteiger partial charge in [-0.15, -0.1) is 12.6 Å². The molecule has 0 amide bonds. The minimum Gasteiger partial charge on any atom is -0.481 e. The van der Waals surface area contributed by atoms with Gasteiger partial charge in [-0.3, -0.25) is 28.8 Å². The van der Waals surface area contributed by atoms with Gasteiger partial charge in [0.1, 0.15) is 29.7 Å². The molecule has 0 bridgehead atoms. The number of H-pyrrole nitrogens is 2. The van der Waals surface area contributed by atoms with Crippen molar-refractivity contribution in [1.29, 1.82) is 15.8 Å². The monoisotopic (exact) mass is 836 g/mol. The number of aromatic amines is 2. The van der Waals surface area contributed by atoms with E-state index in [1.807, 2.05) is 0 Å². The van der Waals surface area contributed by atoms with E-state index in [0.29, 0.717) is 33.7 Å². The number of ketones is 1. The van der Waals surface area contributed by atoms with E-state index < -0.39 is 11.9 Å². The molecule has 19 heteroatoms. The molecule has 3 aliphatic carbocycles. The molecule has 0 aliphatic heterocycles. The lowest BCUT2D eigenvalue weighted by atomic mass is 10.1. The first kappa shape index (κ1) is 45.5. The van der Waals surface area contributed by atoms with Crippen LogP contribution < -0.4 is 16.9 Å². The standard InChI is InChI=1S/C11H10N2O3S.C9H8N2OS.C8H12O3.C3H4N2S.C2H3BrO2/c12-4-8-7(6-1-2-6)3-9(14)13-11(8)17-5-10(15)16;10-4-7-6(5-1-2-5)3-8(12)11-9(7)13;1-2-11-8(10)5-7(9)6-3-4-6;4-2-1-3(5)6;3-1-2(4)5/h3,6H,1-2,5H2,(H,13,14)(H,15,16);3,5H,1-2H2,(H2,11,12,13);6H,2-5H2,1H3;1H2,(H2,5,6);1H2,(H,4,5). The lowest BCUT2D eigenvalue weighted by Crippen LogP contribution is -2.12. The minimum absolute atomic E-state index is 0.0293. The Morgan fingerprint density at radius 3 is 1.83 bits per heavy atom. The number of aliphatic carboxylic acids is 2. The van der Waals surface area contributed by atoms with Gasteiger partial charge < -0.3 is 30.7 Å². The Kier molecular flexibility index (Phi) is 20.9. The summed E-state index contributed by atoms with van der Waals surface area (Å²) in [6.45, 7) is 2.09. The number of carbonyl (C=O) groups excluding carboxylic acids is 2. The molecule has 52 heavy (non-hydrogen) atoms. The molecule has 2 aromatic rings. The summed E-state index contributed by atoms with van der Waals surface area (Å²) in [6, 6.07) is 8.87. The molecule has 0 saturated heterocycles. The van der Waals surface area contributed by atoms with E-state index >= 15 is 0 Å². The van der Waals surface area contributed by atoms with Crippen LogP contribution >= 0.6 is 52.5 Å². The van der Waals surface area contributed by atoms with Crippen LogP contribution in [0.5, 0.6) is 0 Å². The first-order valence-corrected chi connectivity index (χ1v) is 18.6. The van der Waals surface area contributed by atoms with Crippen molar-refractivity contribution in [3.8, 4) is 18.2 Å². The Labute approximate surface area is 322 Å². The Hall–Kier alpha value is -4.48. The summed E-state index contributed by atoms with van der Waals surface area (Å²) in [5.41, 5.74) is 7.00. The molecule has 0 radical (unpaired) electrons. The van der Waals surface area contributed by atoms with E-state index in [-0.39, 0.29) is 63.6 Å².